The van der Waals surface area contributed by atoms with E-state index in [0.29, 0.717) is 26.4 Å². The molecular formula is C32H38O5. The maximum Gasteiger partial charge on any atom is 0.186 e. The summed E-state index contributed by atoms with van der Waals surface area (Å²) >= 11 is 0. The number of rotatable bonds is 14. The van der Waals surface area contributed by atoms with Crippen LogP contribution >= 0.6 is 0 Å². The molecule has 0 bridgehead atoms. The second-order valence-electron chi connectivity index (χ2n) is 9.29. The minimum Gasteiger partial charge on any atom is -0.368 e. The van der Waals surface area contributed by atoms with E-state index in [2.05, 4.69) is 43.0 Å². The van der Waals surface area contributed by atoms with Crippen molar-refractivity contribution in [3.05, 3.63) is 120 Å². The first kappa shape index (κ1) is 27.2. The minimum absolute atomic E-state index is 0.245. The van der Waals surface area contributed by atoms with Gasteiger partial charge < -0.3 is 23.7 Å². The van der Waals surface area contributed by atoms with Crippen molar-refractivity contribution < 1.29 is 23.7 Å². The van der Waals surface area contributed by atoms with Crippen molar-refractivity contribution in [2.75, 3.05) is 6.61 Å². The van der Waals surface area contributed by atoms with Gasteiger partial charge in [0, 0.05) is 0 Å². The zero-order chi connectivity index (χ0) is 25.7. The van der Waals surface area contributed by atoms with Crippen LogP contribution in [0.1, 0.15) is 36.5 Å². The molecule has 196 valence electrons. The molecule has 0 amide bonds. The van der Waals surface area contributed by atoms with Crippen LogP contribution in [0.5, 0.6) is 0 Å². The number of hydrogen-bond donors (Lipinski definition) is 0. The number of benzene rings is 3. The fourth-order valence-corrected chi connectivity index (χ4v) is 4.43. The molecule has 3 aromatic rings. The lowest BCUT2D eigenvalue weighted by molar-refractivity contribution is -0.320. The van der Waals surface area contributed by atoms with Crippen LogP contribution in [0.15, 0.2) is 104 Å². The van der Waals surface area contributed by atoms with Crippen molar-refractivity contribution in [1.82, 2.24) is 0 Å². The topological polar surface area (TPSA) is 46.2 Å². The highest BCUT2D eigenvalue weighted by atomic mass is 16.7. The van der Waals surface area contributed by atoms with Crippen molar-refractivity contribution in [2.45, 2.75) is 70.3 Å². The van der Waals surface area contributed by atoms with Crippen molar-refractivity contribution in [1.29, 1.82) is 0 Å². The molecule has 3 aromatic carbocycles. The van der Waals surface area contributed by atoms with Crippen LogP contribution in [-0.2, 0) is 43.5 Å². The summed E-state index contributed by atoms with van der Waals surface area (Å²) in [6.45, 7) is 7.70. The van der Waals surface area contributed by atoms with Gasteiger partial charge in [-0.05, 0) is 36.5 Å². The lowest BCUT2D eigenvalue weighted by Gasteiger charge is -2.45. The maximum atomic E-state index is 6.57. The van der Waals surface area contributed by atoms with Crippen LogP contribution in [0.25, 0.3) is 0 Å². The van der Waals surface area contributed by atoms with Crippen LogP contribution in [0, 0.1) is 0 Å². The molecule has 1 aliphatic heterocycles. The van der Waals surface area contributed by atoms with E-state index < -0.39 is 12.4 Å². The van der Waals surface area contributed by atoms with Gasteiger partial charge in [0.15, 0.2) is 6.29 Å². The Morgan fingerprint density at radius 1 is 0.649 bits per heavy atom. The van der Waals surface area contributed by atoms with E-state index in [0.717, 1.165) is 29.5 Å². The molecule has 0 radical (unpaired) electrons. The molecule has 1 unspecified atom stereocenters. The molecule has 0 aromatic heterocycles. The fourth-order valence-electron chi connectivity index (χ4n) is 4.43. The number of unbranched alkanes of at least 4 members (excludes halogenated alkanes) is 1. The number of ether oxygens (including phenoxy) is 5. The summed E-state index contributed by atoms with van der Waals surface area (Å²) in [6, 6.07) is 30.4. The minimum atomic E-state index is -0.569. The van der Waals surface area contributed by atoms with Gasteiger partial charge in [-0.15, -0.1) is 6.58 Å². The summed E-state index contributed by atoms with van der Waals surface area (Å²) in [7, 11) is 0. The number of hydrogen-bond acceptors (Lipinski definition) is 5. The largest absolute Gasteiger partial charge is 0.368 e. The molecular weight excluding hydrogens is 464 g/mol. The van der Waals surface area contributed by atoms with E-state index in [1.165, 1.54) is 0 Å². The quantitative estimate of drug-likeness (QED) is 0.187. The zero-order valence-electron chi connectivity index (χ0n) is 21.6. The molecule has 1 fully saturated rings. The van der Waals surface area contributed by atoms with Crippen LogP contribution in [0.2, 0.25) is 0 Å². The van der Waals surface area contributed by atoms with E-state index in [1.54, 1.807) is 0 Å². The Hall–Kier alpha value is -2.80. The van der Waals surface area contributed by atoms with E-state index >= 15 is 0 Å². The molecule has 0 spiro atoms. The Morgan fingerprint density at radius 2 is 1.11 bits per heavy atom. The summed E-state index contributed by atoms with van der Waals surface area (Å²) in [4.78, 5) is 0. The fraction of sp³-hybridized carbons (Fsp3) is 0.375. The monoisotopic (exact) mass is 502 g/mol. The van der Waals surface area contributed by atoms with Gasteiger partial charge in [0.1, 0.15) is 18.3 Å². The summed E-state index contributed by atoms with van der Waals surface area (Å²) < 4.78 is 32.1. The Kier molecular flexibility index (Phi) is 10.9. The highest BCUT2D eigenvalue weighted by Gasteiger charge is 2.47. The average molecular weight is 503 g/mol. The molecule has 5 atom stereocenters. The van der Waals surface area contributed by atoms with Crippen LogP contribution in [-0.4, -0.2) is 37.3 Å². The highest BCUT2D eigenvalue weighted by Crippen LogP contribution is 2.31. The molecule has 1 heterocycles. The van der Waals surface area contributed by atoms with E-state index in [1.807, 2.05) is 67.6 Å². The van der Waals surface area contributed by atoms with Gasteiger partial charge in [0.2, 0.25) is 0 Å². The van der Waals surface area contributed by atoms with Gasteiger partial charge in [0.05, 0.1) is 32.5 Å². The first-order valence-electron chi connectivity index (χ1n) is 13.1. The molecule has 0 saturated carbocycles. The Balaban J connectivity index is 1.55. The van der Waals surface area contributed by atoms with Gasteiger partial charge in [-0.2, -0.15) is 0 Å². The third kappa shape index (κ3) is 8.35. The first-order valence-corrected chi connectivity index (χ1v) is 13.1. The maximum absolute atomic E-state index is 6.57. The highest BCUT2D eigenvalue weighted by molar-refractivity contribution is 5.15. The molecule has 5 heteroatoms. The second kappa shape index (κ2) is 14.8. The molecule has 37 heavy (non-hydrogen) atoms. The van der Waals surface area contributed by atoms with Gasteiger partial charge in [-0.25, -0.2) is 0 Å². The van der Waals surface area contributed by atoms with Crippen LogP contribution in [0.3, 0.4) is 0 Å². The van der Waals surface area contributed by atoms with E-state index in [9.17, 15) is 0 Å². The van der Waals surface area contributed by atoms with Crippen LogP contribution < -0.4 is 0 Å². The van der Waals surface area contributed by atoms with Gasteiger partial charge in [0.25, 0.3) is 0 Å². The molecule has 1 saturated heterocycles. The van der Waals surface area contributed by atoms with Gasteiger partial charge >= 0.3 is 0 Å². The van der Waals surface area contributed by atoms with E-state index in [-0.39, 0.29) is 18.3 Å². The van der Waals surface area contributed by atoms with Crippen molar-refractivity contribution in [2.24, 2.45) is 0 Å². The summed E-state index contributed by atoms with van der Waals surface area (Å²) in [6.07, 6.45) is 1.65. The normalized spacial score (nSPS) is 23.5. The molecule has 0 aliphatic carbocycles. The van der Waals surface area contributed by atoms with Crippen molar-refractivity contribution in [3.63, 3.8) is 0 Å². The summed E-state index contributed by atoms with van der Waals surface area (Å²) in [5.74, 6) is 0. The van der Waals surface area contributed by atoms with Gasteiger partial charge in [-0.3, -0.25) is 0 Å². The standard InChI is InChI=1S/C32H38O5/c1-3-4-14-21-33-32-31(36-24-28-19-12-7-13-20-28)30(35-23-27-17-10-6-11-18-27)29(25(2)37-32)34-22-26-15-8-5-9-16-26/h3,5-13,15-20,25,29-32H,1,4,14,21-24H2,2H3/t25-,29+,30+,31-,32?/m0/s1. The lowest BCUT2D eigenvalue weighted by Crippen LogP contribution is -2.60. The lowest BCUT2D eigenvalue weighted by atomic mass is 9.98. The Bertz CT molecular complexity index is 1030. The predicted octanol–water partition coefficient (Wildman–Crippen LogP) is 6.47. The van der Waals surface area contributed by atoms with E-state index in [4.69, 9.17) is 23.7 Å². The SMILES string of the molecule is C=CCCCOC1O[C@@H](C)[C@@H](OCc2ccccc2)[C@@H](OCc2ccccc2)[C@@H]1OCc1ccccc1. The first-order chi connectivity index (χ1) is 18.2. The second-order valence-corrected chi connectivity index (χ2v) is 9.29. The summed E-state index contributed by atoms with van der Waals surface area (Å²) in [5.41, 5.74) is 3.27. The molecule has 1 aliphatic rings. The van der Waals surface area contributed by atoms with Crippen LogP contribution in [0.4, 0.5) is 0 Å². The average Bonchev–Trinajstić information content (AvgIpc) is 2.94. The predicted molar refractivity (Wildman–Crippen MR) is 145 cm³/mol. The van der Waals surface area contributed by atoms with Crippen molar-refractivity contribution in [3.8, 4) is 0 Å². The number of allylic oxidation sites excluding steroid dienone is 1. The van der Waals surface area contributed by atoms with Crippen molar-refractivity contribution >= 4 is 0 Å². The molecule has 4 rings (SSSR count). The Labute approximate surface area is 221 Å². The van der Waals surface area contributed by atoms with Gasteiger partial charge in [-0.1, -0.05) is 97.1 Å². The Morgan fingerprint density at radius 3 is 1.59 bits per heavy atom. The summed E-state index contributed by atoms with van der Waals surface area (Å²) in [5, 5.41) is 0. The molecule has 0 N–H and O–H groups in total. The third-order valence-electron chi connectivity index (χ3n) is 6.42. The zero-order valence-corrected chi connectivity index (χ0v) is 21.6. The smallest absolute Gasteiger partial charge is 0.186 e. The third-order valence-corrected chi connectivity index (χ3v) is 6.42. The molecule has 5 nitrogen and oxygen atoms in total.